The highest BCUT2D eigenvalue weighted by atomic mass is 16.5. The van der Waals surface area contributed by atoms with E-state index >= 15 is 0 Å². The largest absolute Gasteiger partial charge is 0.473 e. The van der Waals surface area contributed by atoms with E-state index in [1.54, 1.807) is 0 Å². The van der Waals surface area contributed by atoms with Crippen LogP contribution in [0.3, 0.4) is 0 Å². The number of ether oxygens (including phenoxy) is 1. The van der Waals surface area contributed by atoms with Crippen molar-refractivity contribution in [2.75, 3.05) is 6.54 Å². The van der Waals surface area contributed by atoms with Crippen molar-refractivity contribution < 1.29 is 9.53 Å². The lowest BCUT2D eigenvalue weighted by Crippen LogP contribution is -2.26. The summed E-state index contributed by atoms with van der Waals surface area (Å²) in [4.78, 5) is 21.2. The normalized spacial score (nSPS) is 19.6. The Morgan fingerprint density at radius 2 is 2.03 bits per heavy atom. The molecule has 1 aromatic carbocycles. The third-order valence-electron chi connectivity index (χ3n) is 6.61. The summed E-state index contributed by atoms with van der Waals surface area (Å²) in [5.74, 6) is 0.753. The smallest absolute Gasteiger partial charge is 0.241 e. The lowest BCUT2D eigenvalue weighted by atomic mass is 9.86. The van der Waals surface area contributed by atoms with Gasteiger partial charge in [0, 0.05) is 30.5 Å². The molecule has 1 N–H and O–H groups in total. The van der Waals surface area contributed by atoms with E-state index in [1.165, 1.54) is 0 Å². The first-order valence-electron chi connectivity index (χ1n) is 11.2. The minimum Gasteiger partial charge on any atom is -0.473 e. The molecule has 3 aromatic rings. The van der Waals surface area contributed by atoms with Crippen molar-refractivity contribution in [2.45, 2.75) is 57.6 Å². The van der Waals surface area contributed by atoms with Crippen LogP contribution in [0.1, 0.15) is 51.6 Å². The predicted octanol–water partition coefficient (Wildman–Crippen LogP) is 4.14. The molecule has 1 aliphatic heterocycles. The Morgan fingerprint density at radius 3 is 2.66 bits per heavy atom. The Bertz CT molecular complexity index is 1220. The molecule has 5 rings (SSSR count). The SMILES string of the molecule is C[C@@H](Oc1nc(-c2ccc(C(C)(C)C#N)cc2)cc2ncn(C3CC3)c12)[C@H]1CNC(=O)C1. The number of rotatable bonds is 6. The fourth-order valence-electron chi connectivity index (χ4n) is 4.24. The molecule has 1 aliphatic carbocycles. The maximum atomic E-state index is 11.7. The standard InChI is InChI=1S/C25H27N5O2/c1-15(17-10-22(31)27-12-17)32-24-23-21(28-14-30(23)19-8-9-19)11-20(29-24)16-4-6-18(7-5-16)25(2,3)13-26/h4-7,11,14-15,17,19H,8-10,12H2,1-3H3,(H,27,31)/t15-,17-/m1/s1. The Labute approximate surface area is 187 Å². The summed E-state index contributed by atoms with van der Waals surface area (Å²) >= 11 is 0. The Hall–Kier alpha value is -3.40. The Kier molecular flexibility index (Phi) is 4.89. The number of pyridine rings is 1. The van der Waals surface area contributed by atoms with Crippen LogP contribution < -0.4 is 10.1 Å². The molecule has 0 unspecified atom stereocenters. The topological polar surface area (TPSA) is 92.8 Å². The quantitative estimate of drug-likeness (QED) is 0.636. The average Bonchev–Trinajstić information content (AvgIpc) is 3.39. The molecule has 1 saturated heterocycles. The first kappa shape index (κ1) is 20.5. The molecule has 2 fully saturated rings. The first-order valence-corrected chi connectivity index (χ1v) is 11.2. The second-order valence-corrected chi connectivity index (χ2v) is 9.47. The van der Waals surface area contributed by atoms with E-state index in [1.807, 2.05) is 57.4 Å². The third kappa shape index (κ3) is 3.70. The second kappa shape index (κ2) is 7.63. The van der Waals surface area contributed by atoms with E-state index in [4.69, 9.17) is 9.72 Å². The van der Waals surface area contributed by atoms with Gasteiger partial charge in [0.25, 0.3) is 0 Å². The number of nitrogens with one attached hydrogen (secondary N) is 1. The van der Waals surface area contributed by atoms with Gasteiger partial charge in [-0.05, 0) is 45.2 Å². The summed E-state index contributed by atoms with van der Waals surface area (Å²) in [6.07, 6.45) is 4.48. The number of hydrogen-bond donors (Lipinski definition) is 1. The number of nitrogens with zero attached hydrogens (tertiary/aromatic N) is 4. The maximum absolute atomic E-state index is 11.7. The molecule has 0 radical (unpaired) electrons. The van der Waals surface area contributed by atoms with Gasteiger partial charge >= 0.3 is 0 Å². The fourth-order valence-corrected chi connectivity index (χ4v) is 4.24. The molecule has 7 heteroatoms. The number of carbonyl (C=O) groups excluding carboxylic acids is 1. The van der Waals surface area contributed by atoms with Gasteiger partial charge in [-0.2, -0.15) is 5.26 Å². The zero-order valence-electron chi connectivity index (χ0n) is 18.6. The van der Waals surface area contributed by atoms with Crippen LogP contribution in [0.15, 0.2) is 36.7 Å². The monoisotopic (exact) mass is 429 g/mol. The molecular formula is C25H27N5O2. The highest BCUT2D eigenvalue weighted by molar-refractivity contribution is 5.85. The molecule has 2 aromatic heterocycles. The van der Waals surface area contributed by atoms with Gasteiger partial charge in [-0.1, -0.05) is 24.3 Å². The molecule has 0 bridgehead atoms. The van der Waals surface area contributed by atoms with Crippen LogP contribution in [-0.4, -0.2) is 33.1 Å². The van der Waals surface area contributed by atoms with Crippen LogP contribution >= 0.6 is 0 Å². The highest BCUT2D eigenvalue weighted by Gasteiger charge is 2.31. The Balaban J connectivity index is 1.53. The summed E-state index contributed by atoms with van der Waals surface area (Å²) in [5.41, 5.74) is 3.92. The Morgan fingerprint density at radius 1 is 1.28 bits per heavy atom. The number of fused-ring (bicyclic) bond motifs is 1. The van der Waals surface area contributed by atoms with E-state index in [2.05, 4.69) is 20.9 Å². The molecule has 0 spiro atoms. The van der Waals surface area contributed by atoms with Crippen molar-refractivity contribution in [2.24, 2.45) is 5.92 Å². The number of amides is 1. The van der Waals surface area contributed by atoms with Gasteiger partial charge in [0.2, 0.25) is 11.8 Å². The summed E-state index contributed by atoms with van der Waals surface area (Å²) in [6, 6.07) is 12.7. The van der Waals surface area contributed by atoms with Crippen LogP contribution in [0, 0.1) is 17.2 Å². The van der Waals surface area contributed by atoms with Crippen molar-refractivity contribution in [1.29, 1.82) is 5.26 Å². The second-order valence-electron chi connectivity index (χ2n) is 9.47. The van der Waals surface area contributed by atoms with Gasteiger partial charge in [0.1, 0.15) is 11.6 Å². The van der Waals surface area contributed by atoms with Gasteiger partial charge in [-0.25, -0.2) is 9.97 Å². The van der Waals surface area contributed by atoms with E-state index in [0.717, 1.165) is 40.7 Å². The van der Waals surface area contributed by atoms with Gasteiger partial charge in [-0.3, -0.25) is 4.79 Å². The minimum atomic E-state index is -0.546. The molecule has 1 amide bonds. The zero-order chi connectivity index (χ0) is 22.5. The molecular weight excluding hydrogens is 402 g/mol. The van der Waals surface area contributed by atoms with Gasteiger partial charge in [-0.15, -0.1) is 0 Å². The molecule has 3 heterocycles. The van der Waals surface area contributed by atoms with E-state index in [0.29, 0.717) is 24.9 Å². The average molecular weight is 430 g/mol. The zero-order valence-corrected chi connectivity index (χ0v) is 18.6. The fraction of sp³-hybridized carbons (Fsp3) is 0.440. The predicted molar refractivity (Wildman–Crippen MR) is 121 cm³/mol. The summed E-state index contributed by atoms with van der Waals surface area (Å²) < 4.78 is 8.56. The summed E-state index contributed by atoms with van der Waals surface area (Å²) in [7, 11) is 0. The number of carbonyl (C=O) groups is 1. The molecule has 32 heavy (non-hydrogen) atoms. The lowest BCUT2D eigenvalue weighted by molar-refractivity contribution is -0.119. The van der Waals surface area contributed by atoms with Crippen molar-refractivity contribution >= 4 is 16.9 Å². The molecule has 2 atom stereocenters. The summed E-state index contributed by atoms with van der Waals surface area (Å²) in [6.45, 7) is 6.45. The molecule has 2 aliphatic rings. The van der Waals surface area contributed by atoms with Crippen LogP contribution in [0.25, 0.3) is 22.3 Å². The molecule has 1 saturated carbocycles. The number of imidazole rings is 1. The van der Waals surface area contributed by atoms with Gasteiger partial charge < -0.3 is 14.6 Å². The minimum absolute atomic E-state index is 0.0701. The molecule has 7 nitrogen and oxygen atoms in total. The molecule has 164 valence electrons. The number of hydrogen-bond acceptors (Lipinski definition) is 5. The van der Waals surface area contributed by atoms with Gasteiger partial charge in [0.05, 0.1) is 29.0 Å². The van der Waals surface area contributed by atoms with Crippen LogP contribution in [0.2, 0.25) is 0 Å². The van der Waals surface area contributed by atoms with E-state index in [9.17, 15) is 10.1 Å². The van der Waals surface area contributed by atoms with Gasteiger partial charge in [0.15, 0.2) is 0 Å². The van der Waals surface area contributed by atoms with Crippen LogP contribution in [0.5, 0.6) is 5.88 Å². The van der Waals surface area contributed by atoms with E-state index in [-0.39, 0.29) is 17.9 Å². The number of nitriles is 1. The first-order chi connectivity index (χ1) is 15.4. The maximum Gasteiger partial charge on any atom is 0.241 e. The number of aromatic nitrogens is 3. The van der Waals surface area contributed by atoms with Crippen molar-refractivity contribution in [3.05, 3.63) is 42.2 Å². The lowest BCUT2D eigenvalue weighted by Gasteiger charge is -2.20. The van der Waals surface area contributed by atoms with Crippen molar-refractivity contribution in [3.8, 4) is 23.2 Å². The summed E-state index contributed by atoms with van der Waals surface area (Å²) in [5, 5.41) is 12.3. The van der Waals surface area contributed by atoms with Crippen molar-refractivity contribution in [1.82, 2.24) is 19.9 Å². The highest BCUT2D eigenvalue weighted by Crippen LogP contribution is 2.40. The third-order valence-corrected chi connectivity index (χ3v) is 6.61. The van der Waals surface area contributed by atoms with Crippen molar-refractivity contribution in [3.63, 3.8) is 0 Å². The van der Waals surface area contributed by atoms with E-state index < -0.39 is 5.41 Å². The number of benzene rings is 1. The van der Waals surface area contributed by atoms with Crippen LogP contribution in [-0.2, 0) is 10.2 Å². The van der Waals surface area contributed by atoms with Crippen LogP contribution in [0.4, 0.5) is 0 Å².